The van der Waals surface area contributed by atoms with Crippen LogP contribution in [0.15, 0.2) is 0 Å². The van der Waals surface area contributed by atoms with E-state index >= 15 is 0 Å². The molecule has 2 aromatic heterocycles. The molecule has 1 aliphatic carbocycles. The molecule has 1 aliphatic rings. The number of nitrogens with two attached hydrogens (primary N) is 1. The molecule has 3 N–H and O–H groups in total. The van der Waals surface area contributed by atoms with Crippen molar-refractivity contribution in [2.24, 2.45) is 18.7 Å². The van der Waals surface area contributed by atoms with E-state index < -0.39 is 0 Å². The quantitative estimate of drug-likeness (QED) is 0.790. The highest BCUT2D eigenvalue weighted by Crippen LogP contribution is 2.31. The summed E-state index contributed by atoms with van der Waals surface area (Å²) in [5, 5.41) is 8.23. The highest BCUT2D eigenvalue weighted by atomic mass is 16.5. The number of carbonyl (C=O) groups is 1. The van der Waals surface area contributed by atoms with E-state index in [4.69, 9.17) is 10.5 Å². The summed E-state index contributed by atoms with van der Waals surface area (Å²) in [6.07, 6.45) is 3.44. The number of nitrogens with one attached hydrogen (secondary N) is 1. The maximum atomic E-state index is 12.1. The van der Waals surface area contributed by atoms with Gasteiger partial charge in [0.15, 0.2) is 5.65 Å². The van der Waals surface area contributed by atoms with Gasteiger partial charge in [0.25, 0.3) is 0 Å². The normalized spacial score (nSPS) is 15.4. The van der Waals surface area contributed by atoms with E-state index in [1.165, 1.54) is 12.8 Å². The molecule has 2 heterocycles. The summed E-state index contributed by atoms with van der Waals surface area (Å²) >= 11 is 0. The third kappa shape index (κ3) is 3.61. The van der Waals surface area contributed by atoms with Crippen molar-refractivity contribution in [1.29, 1.82) is 0 Å². The van der Waals surface area contributed by atoms with Gasteiger partial charge < -0.3 is 15.8 Å². The van der Waals surface area contributed by atoms with Crippen LogP contribution in [0.1, 0.15) is 36.1 Å². The minimum Gasteiger partial charge on any atom is -0.479 e. The van der Waals surface area contributed by atoms with Crippen LogP contribution in [0.2, 0.25) is 0 Å². The fourth-order valence-electron chi connectivity index (χ4n) is 3.36. The zero-order chi connectivity index (χ0) is 18.1. The van der Waals surface area contributed by atoms with Gasteiger partial charge in [-0.1, -0.05) is 0 Å². The Morgan fingerprint density at radius 3 is 2.80 bits per heavy atom. The smallest absolute Gasteiger partial charge is 0.242 e. The van der Waals surface area contributed by atoms with Gasteiger partial charge in [-0.2, -0.15) is 0 Å². The van der Waals surface area contributed by atoms with Crippen LogP contribution in [0.3, 0.4) is 0 Å². The highest BCUT2D eigenvalue weighted by molar-refractivity contribution is 5.86. The Morgan fingerprint density at radius 2 is 2.16 bits per heavy atom. The molecular weight excluding hydrogens is 318 g/mol. The summed E-state index contributed by atoms with van der Waals surface area (Å²) in [4.78, 5) is 16.8. The first kappa shape index (κ1) is 17.7. The number of hydrogen-bond donors (Lipinski definition) is 2. The van der Waals surface area contributed by atoms with E-state index in [1.54, 1.807) is 11.8 Å². The second-order valence-corrected chi connectivity index (χ2v) is 6.94. The van der Waals surface area contributed by atoms with Crippen LogP contribution in [-0.2, 0) is 18.3 Å². The molecule has 0 saturated heterocycles. The average molecular weight is 345 g/mol. The highest BCUT2D eigenvalue weighted by Gasteiger charge is 2.28. The lowest BCUT2D eigenvalue weighted by molar-refractivity contribution is -0.121. The minimum absolute atomic E-state index is 0.0353. The molecule has 0 aromatic carbocycles. The molecule has 2 aromatic rings. The van der Waals surface area contributed by atoms with Gasteiger partial charge in [0.05, 0.1) is 12.5 Å². The third-order valence-electron chi connectivity index (χ3n) is 5.08. The summed E-state index contributed by atoms with van der Waals surface area (Å²) in [7, 11) is 3.46. The van der Waals surface area contributed by atoms with Crippen molar-refractivity contribution >= 4 is 16.9 Å². The Kier molecular flexibility index (Phi) is 4.94. The van der Waals surface area contributed by atoms with E-state index in [0.717, 1.165) is 27.9 Å². The van der Waals surface area contributed by atoms with Gasteiger partial charge in [0, 0.05) is 31.7 Å². The van der Waals surface area contributed by atoms with Crippen molar-refractivity contribution in [3.8, 4) is 5.88 Å². The van der Waals surface area contributed by atoms with Gasteiger partial charge in [0.1, 0.15) is 0 Å². The van der Waals surface area contributed by atoms with Gasteiger partial charge in [-0.3, -0.25) is 4.79 Å². The molecule has 0 radical (unpaired) electrons. The van der Waals surface area contributed by atoms with Crippen LogP contribution in [-0.4, -0.2) is 40.4 Å². The zero-order valence-electron chi connectivity index (χ0n) is 15.4. The summed E-state index contributed by atoms with van der Waals surface area (Å²) in [6, 6.07) is 0.0880. The molecule has 1 saturated carbocycles. The number of aryl methyl sites for hydroxylation is 3. The van der Waals surface area contributed by atoms with Crippen LogP contribution in [0.5, 0.6) is 5.88 Å². The molecule has 0 bridgehead atoms. The van der Waals surface area contributed by atoms with Crippen molar-refractivity contribution in [2.75, 3.05) is 13.7 Å². The predicted molar refractivity (Wildman–Crippen MR) is 96.6 cm³/mol. The van der Waals surface area contributed by atoms with Crippen LogP contribution < -0.4 is 15.8 Å². The first-order chi connectivity index (χ1) is 11.9. The topological polar surface area (TPSA) is 95.1 Å². The minimum atomic E-state index is 0.0353. The van der Waals surface area contributed by atoms with Gasteiger partial charge >= 0.3 is 0 Å². The molecule has 1 atom stereocenters. The molecule has 7 heteroatoms. The largest absolute Gasteiger partial charge is 0.479 e. The SMILES string of the molecule is COc1nn(C)c2nc(C)c(CCC(=O)NCC(N)C3CC3)c(C)c12. The van der Waals surface area contributed by atoms with Crippen molar-refractivity contribution in [3.05, 3.63) is 16.8 Å². The number of methoxy groups -OCH3 is 1. The maximum absolute atomic E-state index is 12.1. The number of nitrogens with zero attached hydrogens (tertiary/aromatic N) is 3. The predicted octanol–water partition coefficient (Wildman–Crippen LogP) is 1.38. The van der Waals surface area contributed by atoms with E-state index in [9.17, 15) is 4.79 Å². The van der Waals surface area contributed by atoms with Crippen LogP contribution >= 0.6 is 0 Å². The van der Waals surface area contributed by atoms with Crippen LogP contribution in [0, 0.1) is 19.8 Å². The van der Waals surface area contributed by atoms with E-state index in [-0.39, 0.29) is 11.9 Å². The molecule has 3 rings (SSSR count). The van der Waals surface area contributed by atoms with Crippen molar-refractivity contribution in [3.63, 3.8) is 0 Å². The number of rotatable bonds is 7. The van der Waals surface area contributed by atoms with Gasteiger partial charge in [-0.25, -0.2) is 9.67 Å². The number of aromatic nitrogens is 3. The van der Waals surface area contributed by atoms with E-state index in [1.807, 2.05) is 20.9 Å². The second-order valence-electron chi connectivity index (χ2n) is 6.94. The maximum Gasteiger partial charge on any atom is 0.242 e. The zero-order valence-corrected chi connectivity index (χ0v) is 15.4. The van der Waals surface area contributed by atoms with E-state index in [0.29, 0.717) is 31.2 Å². The lowest BCUT2D eigenvalue weighted by Crippen LogP contribution is -2.38. The number of ether oxygens (including phenoxy) is 1. The van der Waals surface area contributed by atoms with Crippen LogP contribution in [0.4, 0.5) is 0 Å². The Bertz CT molecular complexity index is 795. The standard InChI is InChI=1S/C18H27N5O2/c1-10-13(7-8-15(24)20-9-14(19)12-5-6-12)11(2)21-17-16(10)18(25-4)22-23(17)3/h12,14H,5-9,19H2,1-4H3,(H,20,24). The number of amides is 1. The van der Waals surface area contributed by atoms with Crippen molar-refractivity contribution < 1.29 is 9.53 Å². The molecular formula is C18H27N5O2. The van der Waals surface area contributed by atoms with Gasteiger partial charge in [0.2, 0.25) is 11.8 Å². The number of carbonyl (C=O) groups excluding carboxylic acids is 1. The Morgan fingerprint density at radius 1 is 1.44 bits per heavy atom. The molecule has 1 unspecified atom stereocenters. The molecule has 7 nitrogen and oxygen atoms in total. The molecule has 25 heavy (non-hydrogen) atoms. The van der Waals surface area contributed by atoms with Crippen molar-refractivity contribution in [1.82, 2.24) is 20.1 Å². The van der Waals surface area contributed by atoms with Crippen LogP contribution in [0.25, 0.3) is 11.0 Å². The monoisotopic (exact) mass is 345 g/mol. The van der Waals surface area contributed by atoms with Gasteiger partial charge in [-0.15, -0.1) is 5.10 Å². The summed E-state index contributed by atoms with van der Waals surface area (Å²) in [6.45, 7) is 4.58. The summed E-state index contributed by atoms with van der Waals surface area (Å²) in [5.41, 5.74) is 9.92. The van der Waals surface area contributed by atoms with Gasteiger partial charge in [-0.05, 0) is 50.2 Å². The third-order valence-corrected chi connectivity index (χ3v) is 5.08. The molecule has 1 amide bonds. The summed E-state index contributed by atoms with van der Waals surface area (Å²) < 4.78 is 7.10. The number of fused-ring (bicyclic) bond motifs is 1. The molecule has 1 fully saturated rings. The number of hydrogen-bond acceptors (Lipinski definition) is 5. The van der Waals surface area contributed by atoms with Crippen molar-refractivity contribution in [2.45, 2.75) is 45.6 Å². The first-order valence-electron chi connectivity index (χ1n) is 8.81. The molecule has 0 spiro atoms. The fourth-order valence-corrected chi connectivity index (χ4v) is 3.36. The average Bonchev–Trinajstić information content (AvgIpc) is 3.37. The first-order valence-corrected chi connectivity index (χ1v) is 8.81. The Labute approximate surface area is 147 Å². The molecule has 0 aliphatic heterocycles. The second kappa shape index (κ2) is 7.00. The molecule has 136 valence electrons. The summed E-state index contributed by atoms with van der Waals surface area (Å²) in [5.74, 6) is 1.20. The number of pyridine rings is 1. The van der Waals surface area contributed by atoms with E-state index in [2.05, 4.69) is 15.4 Å². The lowest BCUT2D eigenvalue weighted by Gasteiger charge is -2.13. The fraction of sp³-hybridized carbons (Fsp3) is 0.611. The Balaban J connectivity index is 1.71. The lowest BCUT2D eigenvalue weighted by atomic mass is 10.00. The Hall–Kier alpha value is -2.15.